The van der Waals surface area contributed by atoms with Crippen molar-refractivity contribution in [2.75, 3.05) is 26.8 Å². The van der Waals surface area contributed by atoms with Crippen LogP contribution in [-0.2, 0) is 11.2 Å². The Bertz CT molecular complexity index is 534. The van der Waals surface area contributed by atoms with E-state index < -0.39 is 0 Å². The number of benzene rings is 1. The zero-order valence-corrected chi connectivity index (χ0v) is 13.1. The van der Waals surface area contributed by atoms with Gasteiger partial charge in [-0.3, -0.25) is 0 Å². The van der Waals surface area contributed by atoms with Crippen molar-refractivity contribution in [3.05, 3.63) is 34.3 Å². The number of nitrogens with zero attached hydrogens (tertiary/aromatic N) is 2. The standard InChI is InChI=1S/C15H21N3OS/c1-11-5-4-6-12(2)14(11)15-18-17-13(20-15)7-8-16-9-10-19-3/h4-6,16H,7-10H2,1-3H3. The Balaban J connectivity index is 1.98. The van der Waals surface area contributed by atoms with E-state index >= 15 is 0 Å². The van der Waals surface area contributed by atoms with Gasteiger partial charge in [-0.2, -0.15) is 0 Å². The molecule has 0 amide bonds. The van der Waals surface area contributed by atoms with Gasteiger partial charge < -0.3 is 10.1 Å². The van der Waals surface area contributed by atoms with Gasteiger partial charge >= 0.3 is 0 Å². The summed E-state index contributed by atoms with van der Waals surface area (Å²) in [6.07, 6.45) is 0.909. The molecule has 0 saturated heterocycles. The van der Waals surface area contributed by atoms with Gasteiger partial charge in [-0.15, -0.1) is 10.2 Å². The highest BCUT2D eigenvalue weighted by Crippen LogP contribution is 2.29. The summed E-state index contributed by atoms with van der Waals surface area (Å²) < 4.78 is 4.99. The number of hydrogen-bond donors (Lipinski definition) is 1. The first kappa shape index (κ1) is 15.1. The summed E-state index contributed by atoms with van der Waals surface area (Å²) in [4.78, 5) is 0. The highest BCUT2D eigenvalue weighted by Gasteiger charge is 2.11. The van der Waals surface area contributed by atoms with E-state index in [1.165, 1.54) is 16.7 Å². The number of aromatic nitrogens is 2. The number of ether oxygens (including phenoxy) is 1. The lowest BCUT2D eigenvalue weighted by Crippen LogP contribution is -2.21. The van der Waals surface area contributed by atoms with Crippen molar-refractivity contribution < 1.29 is 4.74 Å². The Kier molecular flexibility index (Phi) is 5.64. The molecule has 108 valence electrons. The highest BCUT2D eigenvalue weighted by molar-refractivity contribution is 7.14. The van der Waals surface area contributed by atoms with Crippen molar-refractivity contribution in [3.8, 4) is 10.6 Å². The van der Waals surface area contributed by atoms with Crippen LogP contribution in [0.1, 0.15) is 16.1 Å². The first-order chi connectivity index (χ1) is 9.72. The van der Waals surface area contributed by atoms with Crippen LogP contribution < -0.4 is 5.32 Å². The monoisotopic (exact) mass is 291 g/mol. The number of aryl methyl sites for hydroxylation is 2. The minimum atomic E-state index is 0.740. The maximum absolute atomic E-state index is 4.99. The van der Waals surface area contributed by atoms with Crippen LogP contribution in [0.3, 0.4) is 0 Å². The van der Waals surface area contributed by atoms with Crippen molar-refractivity contribution in [3.63, 3.8) is 0 Å². The molecule has 0 radical (unpaired) electrons. The maximum atomic E-state index is 4.99. The molecule has 0 unspecified atom stereocenters. The van der Waals surface area contributed by atoms with Crippen LogP contribution in [-0.4, -0.2) is 37.0 Å². The summed E-state index contributed by atoms with van der Waals surface area (Å²) in [5.41, 5.74) is 3.74. The van der Waals surface area contributed by atoms with E-state index in [1.54, 1.807) is 18.4 Å². The molecule has 1 aromatic carbocycles. The van der Waals surface area contributed by atoms with Crippen LogP contribution in [0.15, 0.2) is 18.2 Å². The van der Waals surface area contributed by atoms with Crippen molar-refractivity contribution in [2.24, 2.45) is 0 Å². The average molecular weight is 291 g/mol. The van der Waals surface area contributed by atoms with Gasteiger partial charge in [0, 0.05) is 32.2 Å². The SMILES string of the molecule is COCCNCCc1nnc(-c2c(C)cccc2C)s1. The molecular weight excluding hydrogens is 270 g/mol. The molecule has 0 bridgehead atoms. The third-order valence-corrected chi connectivity index (χ3v) is 4.16. The van der Waals surface area contributed by atoms with E-state index in [4.69, 9.17) is 4.74 Å². The highest BCUT2D eigenvalue weighted by atomic mass is 32.1. The predicted molar refractivity (Wildman–Crippen MR) is 83.3 cm³/mol. The van der Waals surface area contributed by atoms with Gasteiger partial charge in [0.2, 0.25) is 0 Å². The number of nitrogens with one attached hydrogen (secondary N) is 1. The Morgan fingerprint density at radius 2 is 1.90 bits per heavy atom. The molecule has 20 heavy (non-hydrogen) atoms. The molecule has 0 fully saturated rings. The number of hydrogen-bond acceptors (Lipinski definition) is 5. The van der Waals surface area contributed by atoms with E-state index in [0.29, 0.717) is 0 Å². The summed E-state index contributed by atoms with van der Waals surface area (Å²) in [6.45, 7) is 6.76. The summed E-state index contributed by atoms with van der Waals surface area (Å²) in [6, 6.07) is 6.32. The van der Waals surface area contributed by atoms with Gasteiger partial charge in [0.05, 0.1) is 6.61 Å². The summed E-state index contributed by atoms with van der Waals surface area (Å²) in [5.74, 6) is 0. The average Bonchev–Trinajstić information content (AvgIpc) is 2.87. The van der Waals surface area contributed by atoms with E-state index in [9.17, 15) is 0 Å². The van der Waals surface area contributed by atoms with Crippen LogP contribution in [0.25, 0.3) is 10.6 Å². The Morgan fingerprint density at radius 1 is 1.15 bits per heavy atom. The van der Waals surface area contributed by atoms with Crippen molar-refractivity contribution in [1.82, 2.24) is 15.5 Å². The van der Waals surface area contributed by atoms with Crippen LogP contribution in [0.4, 0.5) is 0 Å². The zero-order valence-electron chi connectivity index (χ0n) is 12.3. The van der Waals surface area contributed by atoms with E-state index in [2.05, 4.69) is 47.6 Å². The number of methoxy groups -OCH3 is 1. The first-order valence-corrected chi connectivity index (χ1v) is 7.62. The summed E-state index contributed by atoms with van der Waals surface area (Å²) in [7, 11) is 1.71. The second kappa shape index (κ2) is 7.47. The van der Waals surface area contributed by atoms with Crippen LogP contribution in [0, 0.1) is 13.8 Å². The van der Waals surface area contributed by atoms with Gasteiger partial charge in [0.1, 0.15) is 10.0 Å². The molecule has 0 saturated carbocycles. The van der Waals surface area contributed by atoms with Crippen LogP contribution >= 0.6 is 11.3 Å². The Labute approximate surface area is 124 Å². The molecule has 1 aromatic heterocycles. The van der Waals surface area contributed by atoms with Gasteiger partial charge in [-0.1, -0.05) is 29.5 Å². The summed E-state index contributed by atoms with van der Waals surface area (Å²) in [5, 5.41) is 14.0. The quantitative estimate of drug-likeness (QED) is 0.797. The van der Waals surface area contributed by atoms with Crippen LogP contribution in [0.2, 0.25) is 0 Å². The second-order valence-corrected chi connectivity index (χ2v) is 5.82. The van der Waals surface area contributed by atoms with Gasteiger partial charge in [0.15, 0.2) is 0 Å². The molecule has 0 spiro atoms. The van der Waals surface area contributed by atoms with E-state index in [1.807, 2.05) is 0 Å². The molecule has 1 heterocycles. The van der Waals surface area contributed by atoms with Gasteiger partial charge in [0.25, 0.3) is 0 Å². The smallest absolute Gasteiger partial charge is 0.148 e. The van der Waals surface area contributed by atoms with Crippen molar-refractivity contribution >= 4 is 11.3 Å². The van der Waals surface area contributed by atoms with Crippen LogP contribution in [0.5, 0.6) is 0 Å². The molecule has 2 aromatic rings. The molecule has 0 aliphatic rings. The van der Waals surface area contributed by atoms with E-state index in [-0.39, 0.29) is 0 Å². The molecule has 1 N–H and O–H groups in total. The minimum absolute atomic E-state index is 0.740. The molecule has 2 rings (SSSR count). The molecule has 5 heteroatoms. The third kappa shape index (κ3) is 3.85. The lowest BCUT2D eigenvalue weighted by atomic mass is 10.0. The third-order valence-electron chi connectivity index (χ3n) is 3.16. The molecule has 0 atom stereocenters. The fourth-order valence-electron chi connectivity index (χ4n) is 2.10. The fraction of sp³-hybridized carbons (Fsp3) is 0.467. The first-order valence-electron chi connectivity index (χ1n) is 6.81. The Hall–Kier alpha value is -1.30. The van der Waals surface area contributed by atoms with Gasteiger partial charge in [-0.25, -0.2) is 0 Å². The Morgan fingerprint density at radius 3 is 2.60 bits per heavy atom. The van der Waals surface area contributed by atoms with E-state index in [0.717, 1.165) is 36.1 Å². The second-order valence-electron chi connectivity index (χ2n) is 4.76. The minimum Gasteiger partial charge on any atom is -0.383 e. The van der Waals surface area contributed by atoms with Crippen molar-refractivity contribution in [1.29, 1.82) is 0 Å². The predicted octanol–water partition coefficient (Wildman–Crippen LogP) is 2.60. The summed E-state index contributed by atoms with van der Waals surface area (Å²) >= 11 is 1.68. The topological polar surface area (TPSA) is 47.0 Å². The molecular formula is C15H21N3OS. The fourth-order valence-corrected chi connectivity index (χ4v) is 3.12. The lowest BCUT2D eigenvalue weighted by Gasteiger charge is -2.04. The van der Waals surface area contributed by atoms with Gasteiger partial charge in [-0.05, 0) is 25.0 Å². The largest absolute Gasteiger partial charge is 0.383 e. The van der Waals surface area contributed by atoms with Crippen molar-refractivity contribution in [2.45, 2.75) is 20.3 Å². The number of rotatable bonds is 7. The molecule has 0 aliphatic heterocycles. The molecule has 0 aliphatic carbocycles. The maximum Gasteiger partial charge on any atom is 0.148 e. The molecule has 4 nitrogen and oxygen atoms in total. The lowest BCUT2D eigenvalue weighted by molar-refractivity contribution is 0.199. The normalized spacial score (nSPS) is 10.9. The zero-order chi connectivity index (χ0) is 14.4.